The van der Waals surface area contributed by atoms with E-state index in [0.29, 0.717) is 0 Å². The molecule has 0 bridgehead atoms. The van der Waals surface area contributed by atoms with Crippen molar-refractivity contribution in [2.24, 2.45) is 0 Å². The largest absolute Gasteiger partial charge is 0.334 e. The Morgan fingerprint density at radius 1 is 0.694 bits per heavy atom. The maximum absolute atomic E-state index is 9.69. The SMILES string of the molecule is [C-]#[N+]C1=CCC(N(C2=CCCC=C2)c2ccc3c4c2c2c(n4C4=Cc5c(n6c7c(c8c(N(c9ccccc9)C9C=CC(C#N)=CC9)ccc5c86)=CCCC=7)CC43)=CCCC=2)C=C1. The quantitative estimate of drug-likeness (QED) is 0.158. The van der Waals surface area contributed by atoms with Crippen LogP contribution < -0.4 is 30.9 Å². The Labute approximate surface area is 360 Å². The standard InChI is InChI=1S/C56H44N6/c1-58-36-22-26-40(27-23-36)60(38-14-6-3-7-15-38)50-31-29-42-46-33-51-45(32-52(46)62-48-19-11-9-17-44(48)54(50)56(42)62)41-28-30-49(53-43-16-8-10-18-47(43)61(51)55(41)53)59(37-12-4-2-5-13-37)39-24-20-35(34-57)21-25-39/h2,4-6,12-24,26,28-32,39-40,46H,3,7-11,25,27,33H2. The summed E-state index contributed by atoms with van der Waals surface area (Å²) in [6.07, 6.45) is 41.0. The molecule has 6 aliphatic carbocycles. The zero-order valence-electron chi connectivity index (χ0n) is 34.6. The molecule has 0 saturated heterocycles. The summed E-state index contributed by atoms with van der Waals surface area (Å²) in [5, 5.41) is 19.1. The number of fused-ring (bicyclic) bond motifs is 12. The van der Waals surface area contributed by atoms with Gasteiger partial charge in [-0.05, 0) is 99.4 Å². The maximum atomic E-state index is 9.69. The third-order valence-electron chi connectivity index (χ3n) is 14.5. The second-order valence-electron chi connectivity index (χ2n) is 17.7. The number of nitriles is 1. The lowest BCUT2D eigenvalue weighted by atomic mass is 9.85. The molecule has 6 heteroatoms. The molecule has 13 rings (SSSR count). The van der Waals surface area contributed by atoms with E-state index in [4.69, 9.17) is 6.57 Å². The lowest BCUT2D eigenvalue weighted by Gasteiger charge is -2.35. The van der Waals surface area contributed by atoms with Gasteiger partial charge in [-0.3, -0.25) is 0 Å². The molecule has 0 spiro atoms. The summed E-state index contributed by atoms with van der Waals surface area (Å²) in [6.45, 7) is 7.65. The van der Waals surface area contributed by atoms with Crippen molar-refractivity contribution in [3.05, 3.63) is 176 Å². The highest BCUT2D eigenvalue weighted by atomic mass is 15.2. The van der Waals surface area contributed by atoms with Crippen LogP contribution in [0.15, 0.2) is 126 Å². The highest BCUT2D eigenvalue weighted by Gasteiger charge is 2.39. The summed E-state index contributed by atoms with van der Waals surface area (Å²) < 4.78 is 5.29. The van der Waals surface area contributed by atoms with Gasteiger partial charge in [0, 0.05) is 83.5 Å². The number of allylic oxidation sites excluding steroid dienone is 7. The Morgan fingerprint density at radius 3 is 2.18 bits per heavy atom. The van der Waals surface area contributed by atoms with Crippen LogP contribution in [0.1, 0.15) is 74.1 Å². The van der Waals surface area contributed by atoms with E-state index in [2.05, 4.69) is 157 Å². The van der Waals surface area contributed by atoms with Crippen LogP contribution in [0.3, 0.4) is 0 Å². The lowest BCUT2D eigenvalue weighted by Crippen LogP contribution is -2.36. The topological polar surface area (TPSA) is 44.0 Å². The minimum Gasteiger partial charge on any atom is -0.334 e. The van der Waals surface area contributed by atoms with Crippen LogP contribution in [0.2, 0.25) is 0 Å². The van der Waals surface area contributed by atoms with Gasteiger partial charge in [0.2, 0.25) is 0 Å². The Balaban J connectivity index is 1.02. The van der Waals surface area contributed by atoms with Gasteiger partial charge in [-0.1, -0.05) is 97.2 Å². The monoisotopic (exact) mass is 800 g/mol. The fourth-order valence-corrected chi connectivity index (χ4v) is 11.9. The van der Waals surface area contributed by atoms with Crippen LogP contribution in [-0.4, -0.2) is 21.1 Å². The van der Waals surface area contributed by atoms with E-state index in [-0.39, 0.29) is 18.0 Å². The van der Waals surface area contributed by atoms with Gasteiger partial charge in [0.1, 0.15) is 0 Å². The van der Waals surface area contributed by atoms with Gasteiger partial charge in [0.15, 0.2) is 5.70 Å². The lowest BCUT2D eigenvalue weighted by molar-refractivity contribution is 0.753. The maximum Gasteiger partial charge on any atom is 0.183 e. The molecule has 0 saturated carbocycles. The Hall–Kier alpha value is -7.28. The molecular weight excluding hydrogens is 757 g/mol. The van der Waals surface area contributed by atoms with Crippen molar-refractivity contribution in [3.63, 3.8) is 0 Å². The third kappa shape index (κ3) is 4.95. The summed E-state index contributed by atoms with van der Waals surface area (Å²) in [6, 6.07) is 23.0. The van der Waals surface area contributed by atoms with E-state index in [0.717, 1.165) is 74.7 Å². The van der Waals surface area contributed by atoms with Crippen LogP contribution in [0, 0.1) is 17.9 Å². The fraction of sp³-hybridized carbons (Fsp3) is 0.214. The number of para-hydroxylation sites is 1. The fourth-order valence-electron chi connectivity index (χ4n) is 11.9. The van der Waals surface area contributed by atoms with E-state index in [1.165, 1.54) is 87.9 Å². The Kier molecular flexibility index (Phi) is 7.79. The smallest absolute Gasteiger partial charge is 0.183 e. The van der Waals surface area contributed by atoms with Gasteiger partial charge in [-0.15, -0.1) is 0 Å². The number of rotatable bonds is 6. The molecule has 7 aliphatic rings. The summed E-state index contributed by atoms with van der Waals surface area (Å²) in [5.41, 5.74) is 14.6. The number of anilines is 3. The molecule has 0 fully saturated rings. The molecular formula is C56H44N6. The first-order valence-corrected chi connectivity index (χ1v) is 22.5. The molecule has 0 amide bonds. The number of nitrogens with zero attached hydrogens (tertiary/aromatic N) is 6. The van der Waals surface area contributed by atoms with E-state index >= 15 is 0 Å². The van der Waals surface area contributed by atoms with Gasteiger partial charge in [0.25, 0.3) is 0 Å². The summed E-state index contributed by atoms with van der Waals surface area (Å²) in [7, 11) is 0. The van der Waals surface area contributed by atoms with Crippen LogP contribution in [0.4, 0.5) is 17.1 Å². The van der Waals surface area contributed by atoms with Crippen molar-refractivity contribution in [1.82, 2.24) is 8.97 Å². The predicted octanol–water partition coefficient (Wildman–Crippen LogP) is 9.93. The minimum absolute atomic E-state index is 0.0832. The summed E-state index contributed by atoms with van der Waals surface area (Å²) in [4.78, 5) is 8.82. The van der Waals surface area contributed by atoms with Crippen LogP contribution in [0.5, 0.6) is 0 Å². The molecule has 6 nitrogen and oxygen atoms in total. The van der Waals surface area contributed by atoms with Gasteiger partial charge in [0.05, 0.1) is 47.1 Å². The number of hydrogen-bond acceptors (Lipinski definition) is 3. The molecule has 3 atom stereocenters. The number of aromatic nitrogens is 2. The number of hydrogen-bond donors (Lipinski definition) is 0. The molecule has 298 valence electrons. The first kappa shape index (κ1) is 35.5. The molecule has 0 N–H and O–H groups in total. The van der Waals surface area contributed by atoms with E-state index in [9.17, 15) is 5.26 Å². The van der Waals surface area contributed by atoms with Gasteiger partial charge < -0.3 is 18.8 Å². The molecule has 4 heterocycles. The average Bonchev–Trinajstić information content (AvgIpc) is 4.06. The Morgan fingerprint density at radius 2 is 1.42 bits per heavy atom. The van der Waals surface area contributed by atoms with Crippen molar-refractivity contribution in [2.45, 2.75) is 75.8 Å². The zero-order valence-corrected chi connectivity index (χ0v) is 34.6. The van der Waals surface area contributed by atoms with Crippen molar-refractivity contribution < 1.29 is 0 Å². The van der Waals surface area contributed by atoms with Gasteiger partial charge in [-0.2, -0.15) is 5.26 Å². The van der Waals surface area contributed by atoms with Crippen molar-refractivity contribution in [3.8, 4) is 6.07 Å². The molecule has 62 heavy (non-hydrogen) atoms. The summed E-state index contributed by atoms with van der Waals surface area (Å²) >= 11 is 0. The first-order valence-electron chi connectivity index (χ1n) is 22.5. The minimum atomic E-state index is 0.0832. The second kappa shape index (κ2) is 13.6. The number of benzene rings is 3. The first-order chi connectivity index (χ1) is 30.7. The highest BCUT2D eigenvalue weighted by molar-refractivity contribution is 6.12. The van der Waals surface area contributed by atoms with Crippen molar-refractivity contribution in [1.29, 1.82) is 5.26 Å². The van der Waals surface area contributed by atoms with E-state index < -0.39 is 0 Å². The molecule has 3 aromatic carbocycles. The van der Waals surface area contributed by atoms with Crippen LogP contribution in [-0.2, 0) is 6.42 Å². The van der Waals surface area contributed by atoms with Crippen molar-refractivity contribution >= 4 is 80.3 Å². The van der Waals surface area contributed by atoms with Gasteiger partial charge in [-0.25, -0.2) is 4.85 Å². The highest BCUT2D eigenvalue weighted by Crippen LogP contribution is 2.51. The predicted molar refractivity (Wildman–Crippen MR) is 254 cm³/mol. The van der Waals surface area contributed by atoms with Crippen LogP contribution in [0.25, 0.3) is 68.1 Å². The molecule has 3 unspecified atom stereocenters. The third-order valence-corrected chi connectivity index (χ3v) is 14.5. The molecule has 3 aromatic heterocycles. The normalized spacial score (nSPS) is 21.5. The molecule has 6 aromatic rings. The zero-order chi connectivity index (χ0) is 41.1. The average molecular weight is 801 g/mol. The van der Waals surface area contributed by atoms with Crippen LogP contribution >= 0.6 is 0 Å². The molecule has 0 radical (unpaired) electrons. The van der Waals surface area contributed by atoms with Crippen molar-refractivity contribution in [2.75, 3.05) is 9.80 Å². The van der Waals surface area contributed by atoms with E-state index in [1.807, 2.05) is 12.2 Å². The second-order valence-corrected chi connectivity index (χ2v) is 17.7. The van der Waals surface area contributed by atoms with E-state index in [1.54, 1.807) is 0 Å². The van der Waals surface area contributed by atoms with Gasteiger partial charge >= 0.3 is 0 Å². The molecule has 1 aliphatic heterocycles. The Bertz CT molecular complexity index is 3540. The summed E-state index contributed by atoms with van der Waals surface area (Å²) in [5.74, 6) is 0.241.